The minimum atomic E-state index is -1.13. The summed E-state index contributed by atoms with van der Waals surface area (Å²) in [5.41, 5.74) is 0.995. The number of hydrogen-bond acceptors (Lipinski definition) is 5. The number of carboxylic acid groups (broad SMARTS) is 1. The quantitative estimate of drug-likeness (QED) is 0.829. The van der Waals surface area contributed by atoms with E-state index in [1.807, 2.05) is 12.1 Å². The first-order valence-electron chi connectivity index (χ1n) is 5.46. The van der Waals surface area contributed by atoms with E-state index in [4.69, 9.17) is 10.2 Å². The molecule has 0 aliphatic carbocycles. The Labute approximate surface area is 103 Å². The number of nitrogens with zero attached hydrogens (tertiary/aromatic N) is 3. The number of benzene rings is 1. The first-order valence-corrected chi connectivity index (χ1v) is 5.46. The molecule has 0 aliphatic rings. The van der Waals surface area contributed by atoms with E-state index >= 15 is 0 Å². The van der Waals surface area contributed by atoms with E-state index in [0.717, 1.165) is 0 Å². The predicted molar refractivity (Wildman–Crippen MR) is 66.9 cm³/mol. The molecule has 1 aromatic carbocycles. The maximum absolute atomic E-state index is 11.2. The molecule has 0 saturated carbocycles. The fourth-order valence-corrected chi connectivity index (χ4v) is 1.83. The third-order valence-electron chi connectivity index (χ3n) is 2.66. The number of rotatable bonds is 4. The second-order valence-electron chi connectivity index (χ2n) is 3.86. The van der Waals surface area contributed by atoms with E-state index in [-0.39, 0.29) is 12.3 Å². The van der Waals surface area contributed by atoms with Gasteiger partial charge in [0.1, 0.15) is 0 Å². The summed E-state index contributed by atoms with van der Waals surface area (Å²) in [6.07, 6.45) is 0. The molecule has 0 atom stereocenters. The normalized spacial score (nSPS) is 10.6. The molecule has 0 radical (unpaired) electrons. The largest absolute Gasteiger partial charge is 0.476 e. The van der Waals surface area contributed by atoms with Crippen molar-refractivity contribution in [2.24, 2.45) is 0 Å². The van der Waals surface area contributed by atoms with Gasteiger partial charge in [-0.3, -0.25) is 0 Å². The number of likely N-dealkylation sites (N-methyl/N-ethyl adjacent to an activating group) is 1. The number of aromatic carboxylic acids is 1. The van der Waals surface area contributed by atoms with Crippen molar-refractivity contribution in [3.05, 3.63) is 30.0 Å². The molecule has 0 saturated heterocycles. The van der Waals surface area contributed by atoms with Crippen LogP contribution in [-0.4, -0.2) is 46.6 Å². The molecule has 0 amide bonds. The second-order valence-corrected chi connectivity index (χ2v) is 3.86. The number of anilines is 1. The van der Waals surface area contributed by atoms with E-state index in [2.05, 4.69) is 10.2 Å². The highest BCUT2D eigenvalue weighted by Gasteiger charge is 2.19. The number of carboxylic acids is 1. The van der Waals surface area contributed by atoms with Crippen LogP contribution in [0.25, 0.3) is 10.9 Å². The average Bonchev–Trinajstić information content (AvgIpc) is 2.37. The molecule has 1 aromatic heterocycles. The van der Waals surface area contributed by atoms with Gasteiger partial charge >= 0.3 is 5.97 Å². The number of carbonyl (C=O) groups is 1. The highest BCUT2D eigenvalue weighted by molar-refractivity contribution is 6.02. The van der Waals surface area contributed by atoms with Crippen molar-refractivity contribution in [1.82, 2.24) is 10.2 Å². The Balaban J connectivity index is 2.70. The summed E-state index contributed by atoms with van der Waals surface area (Å²) in [5.74, 6) is -1.13. The van der Waals surface area contributed by atoms with Gasteiger partial charge in [0.2, 0.25) is 0 Å². The molecule has 6 heteroatoms. The molecular weight excluding hydrogens is 234 g/mol. The standard InChI is InChI=1S/C12H13N3O3/c1-15(6-7-16)11-8-4-2-3-5-9(8)13-14-10(11)12(17)18/h2-5,16H,6-7H2,1H3,(H,17,18). The summed E-state index contributed by atoms with van der Waals surface area (Å²) in [7, 11) is 1.71. The Morgan fingerprint density at radius 1 is 1.33 bits per heavy atom. The van der Waals surface area contributed by atoms with Gasteiger partial charge in [-0.05, 0) is 6.07 Å². The lowest BCUT2D eigenvalue weighted by Crippen LogP contribution is -2.24. The molecule has 94 valence electrons. The molecule has 0 unspecified atom stereocenters. The number of aliphatic hydroxyl groups is 1. The maximum Gasteiger partial charge on any atom is 0.358 e. The number of hydrogen-bond donors (Lipinski definition) is 2. The van der Waals surface area contributed by atoms with Crippen molar-refractivity contribution < 1.29 is 15.0 Å². The number of aromatic nitrogens is 2. The Hall–Kier alpha value is -2.21. The molecule has 0 spiro atoms. The highest BCUT2D eigenvalue weighted by Crippen LogP contribution is 2.27. The summed E-state index contributed by atoms with van der Waals surface area (Å²) in [5, 5.41) is 26.5. The van der Waals surface area contributed by atoms with Crippen LogP contribution < -0.4 is 4.90 Å². The van der Waals surface area contributed by atoms with Crippen molar-refractivity contribution in [2.45, 2.75) is 0 Å². The molecule has 0 aliphatic heterocycles. The van der Waals surface area contributed by atoms with Gasteiger partial charge in [0.05, 0.1) is 17.8 Å². The molecule has 2 rings (SSSR count). The lowest BCUT2D eigenvalue weighted by Gasteiger charge is -2.20. The van der Waals surface area contributed by atoms with Gasteiger partial charge in [0.15, 0.2) is 5.69 Å². The Morgan fingerprint density at radius 3 is 2.72 bits per heavy atom. The van der Waals surface area contributed by atoms with Crippen LogP contribution in [0.1, 0.15) is 10.5 Å². The summed E-state index contributed by atoms with van der Waals surface area (Å²) in [6, 6.07) is 7.18. The van der Waals surface area contributed by atoms with Gasteiger partial charge in [-0.25, -0.2) is 4.79 Å². The molecule has 0 fully saturated rings. The fraction of sp³-hybridized carbons (Fsp3) is 0.250. The second kappa shape index (κ2) is 4.97. The van der Waals surface area contributed by atoms with Crippen LogP contribution in [-0.2, 0) is 0 Å². The van der Waals surface area contributed by atoms with Gasteiger partial charge in [-0.1, -0.05) is 18.2 Å². The van der Waals surface area contributed by atoms with Crippen molar-refractivity contribution >= 4 is 22.6 Å². The third-order valence-corrected chi connectivity index (χ3v) is 2.66. The third kappa shape index (κ3) is 2.10. The van der Waals surface area contributed by atoms with Crippen LogP contribution >= 0.6 is 0 Å². The van der Waals surface area contributed by atoms with E-state index < -0.39 is 5.97 Å². The van der Waals surface area contributed by atoms with Crippen molar-refractivity contribution in [3.8, 4) is 0 Å². The molecular formula is C12H13N3O3. The van der Waals surface area contributed by atoms with Crippen molar-refractivity contribution in [2.75, 3.05) is 25.1 Å². The minimum Gasteiger partial charge on any atom is -0.476 e. The van der Waals surface area contributed by atoms with E-state index in [9.17, 15) is 4.79 Å². The lowest BCUT2D eigenvalue weighted by molar-refractivity contribution is 0.0690. The highest BCUT2D eigenvalue weighted by atomic mass is 16.4. The molecule has 2 N–H and O–H groups in total. The van der Waals surface area contributed by atoms with Gasteiger partial charge in [-0.2, -0.15) is 0 Å². The van der Waals surface area contributed by atoms with E-state index in [1.165, 1.54) is 0 Å². The molecule has 18 heavy (non-hydrogen) atoms. The summed E-state index contributed by atoms with van der Waals surface area (Å²) < 4.78 is 0. The van der Waals surface area contributed by atoms with Gasteiger partial charge < -0.3 is 15.1 Å². The maximum atomic E-state index is 11.2. The Bertz CT molecular complexity index is 586. The van der Waals surface area contributed by atoms with Crippen LogP contribution in [0.3, 0.4) is 0 Å². The van der Waals surface area contributed by atoms with E-state index in [1.54, 1.807) is 24.1 Å². The zero-order chi connectivity index (χ0) is 13.1. The number of aliphatic hydroxyl groups excluding tert-OH is 1. The Morgan fingerprint density at radius 2 is 2.06 bits per heavy atom. The van der Waals surface area contributed by atoms with Crippen molar-refractivity contribution in [3.63, 3.8) is 0 Å². The zero-order valence-electron chi connectivity index (χ0n) is 9.87. The van der Waals surface area contributed by atoms with Crippen LogP contribution in [0.4, 0.5) is 5.69 Å². The SMILES string of the molecule is CN(CCO)c1c(C(=O)O)nnc2ccccc12. The topological polar surface area (TPSA) is 86.5 Å². The first-order chi connectivity index (χ1) is 8.65. The first kappa shape index (κ1) is 12.3. The Kier molecular flexibility index (Phi) is 3.38. The minimum absolute atomic E-state index is 0.0633. The molecule has 0 bridgehead atoms. The fourth-order valence-electron chi connectivity index (χ4n) is 1.83. The molecule has 1 heterocycles. The van der Waals surface area contributed by atoms with Gasteiger partial charge in [0.25, 0.3) is 0 Å². The zero-order valence-corrected chi connectivity index (χ0v) is 9.87. The van der Waals surface area contributed by atoms with E-state index in [0.29, 0.717) is 23.1 Å². The molecule has 6 nitrogen and oxygen atoms in total. The summed E-state index contributed by atoms with van der Waals surface area (Å²) in [4.78, 5) is 12.8. The van der Waals surface area contributed by atoms with Crippen LogP contribution in [0, 0.1) is 0 Å². The predicted octanol–water partition coefficient (Wildman–Crippen LogP) is 0.756. The summed E-state index contributed by atoms with van der Waals surface area (Å²) in [6.45, 7) is 0.266. The smallest absolute Gasteiger partial charge is 0.358 e. The molecule has 2 aromatic rings. The van der Waals surface area contributed by atoms with Gasteiger partial charge in [0, 0.05) is 19.0 Å². The van der Waals surface area contributed by atoms with Gasteiger partial charge in [-0.15, -0.1) is 10.2 Å². The van der Waals surface area contributed by atoms with Crippen molar-refractivity contribution in [1.29, 1.82) is 0 Å². The number of fused-ring (bicyclic) bond motifs is 1. The van der Waals surface area contributed by atoms with Crippen LogP contribution in [0.5, 0.6) is 0 Å². The monoisotopic (exact) mass is 247 g/mol. The lowest BCUT2D eigenvalue weighted by atomic mass is 10.1. The average molecular weight is 247 g/mol. The van der Waals surface area contributed by atoms with Crippen LogP contribution in [0.15, 0.2) is 24.3 Å². The summed E-state index contributed by atoms with van der Waals surface area (Å²) >= 11 is 0. The van der Waals surface area contributed by atoms with Crippen LogP contribution in [0.2, 0.25) is 0 Å².